The summed E-state index contributed by atoms with van der Waals surface area (Å²) in [6.07, 6.45) is 2.19. The zero-order valence-electron chi connectivity index (χ0n) is 12.1. The van der Waals surface area contributed by atoms with Crippen molar-refractivity contribution in [2.75, 3.05) is 0 Å². The number of rotatable bonds is 6. The molecule has 5 nitrogen and oxygen atoms in total. The predicted octanol–water partition coefficient (Wildman–Crippen LogP) is 2.05. The van der Waals surface area contributed by atoms with Crippen LogP contribution in [0.3, 0.4) is 0 Å². The lowest BCUT2D eigenvalue weighted by Crippen LogP contribution is -2.40. The summed E-state index contributed by atoms with van der Waals surface area (Å²) in [5.74, 6) is -1.42. The number of carboxylic acids is 1. The zero-order chi connectivity index (χ0) is 14.8. The molecule has 1 saturated heterocycles. The SMILES string of the molecule is CC(CCCC(C)N1C(=O)CC(C)(C)C1=O)C(=O)O. The van der Waals surface area contributed by atoms with Crippen molar-refractivity contribution in [1.82, 2.24) is 4.90 Å². The lowest BCUT2D eigenvalue weighted by Gasteiger charge is -2.24. The highest BCUT2D eigenvalue weighted by Gasteiger charge is 2.46. The van der Waals surface area contributed by atoms with Crippen molar-refractivity contribution < 1.29 is 19.5 Å². The molecule has 1 N–H and O–H groups in total. The van der Waals surface area contributed by atoms with Gasteiger partial charge in [-0.15, -0.1) is 0 Å². The summed E-state index contributed by atoms with van der Waals surface area (Å²) in [7, 11) is 0. The fraction of sp³-hybridized carbons (Fsp3) is 0.786. The van der Waals surface area contributed by atoms with Crippen LogP contribution >= 0.6 is 0 Å². The number of carboxylic acid groups (broad SMARTS) is 1. The molecule has 5 heteroatoms. The van der Waals surface area contributed by atoms with E-state index in [2.05, 4.69) is 0 Å². The first-order valence-electron chi connectivity index (χ1n) is 6.76. The fourth-order valence-corrected chi connectivity index (χ4v) is 2.40. The molecule has 1 fully saturated rings. The lowest BCUT2D eigenvalue weighted by molar-refractivity contribution is -0.144. The Morgan fingerprint density at radius 2 is 1.89 bits per heavy atom. The normalized spacial score (nSPS) is 21.6. The number of amides is 2. The van der Waals surface area contributed by atoms with Crippen molar-refractivity contribution >= 4 is 17.8 Å². The van der Waals surface area contributed by atoms with Crippen molar-refractivity contribution in [1.29, 1.82) is 0 Å². The van der Waals surface area contributed by atoms with E-state index in [9.17, 15) is 14.4 Å². The Bertz CT molecular complexity index is 389. The highest BCUT2D eigenvalue weighted by atomic mass is 16.4. The maximum Gasteiger partial charge on any atom is 0.306 e. The van der Waals surface area contributed by atoms with Gasteiger partial charge in [-0.1, -0.05) is 27.2 Å². The van der Waals surface area contributed by atoms with Gasteiger partial charge < -0.3 is 5.11 Å². The molecule has 1 aliphatic heterocycles. The van der Waals surface area contributed by atoms with Crippen LogP contribution in [-0.4, -0.2) is 33.8 Å². The summed E-state index contributed by atoms with van der Waals surface area (Å²) in [4.78, 5) is 36.0. The van der Waals surface area contributed by atoms with Crippen molar-refractivity contribution in [3.05, 3.63) is 0 Å². The monoisotopic (exact) mass is 269 g/mol. The molecule has 2 atom stereocenters. The topological polar surface area (TPSA) is 74.7 Å². The quantitative estimate of drug-likeness (QED) is 0.749. The predicted molar refractivity (Wildman–Crippen MR) is 70.4 cm³/mol. The van der Waals surface area contributed by atoms with E-state index >= 15 is 0 Å². The molecule has 1 rings (SSSR count). The second-order valence-electron chi connectivity index (χ2n) is 6.15. The van der Waals surface area contributed by atoms with Crippen molar-refractivity contribution in [2.24, 2.45) is 11.3 Å². The molecule has 0 aromatic heterocycles. The van der Waals surface area contributed by atoms with Crippen LogP contribution in [-0.2, 0) is 14.4 Å². The first kappa shape index (κ1) is 15.7. The third kappa shape index (κ3) is 3.55. The second kappa shape index (κ2) is 5.72. The average molecular weight is 269 g/mol. The third-order valence-corrected chi connectivity index (χ3v) is 3.78. The minimum Gasteiger partial charge on any atom is -0.481 e. The van der Waals surface area contributed by atoms with Gasteiger partial charge in [0.25, 0.3) is 0 Å². The van der Waals surface area contributed by atoms with Crippen molar-refractivity contribution in [3.8, 4) is 0 Å². The minimum absolute atomic E-state index is 0.115. The minimum atomic E-state index is -0.804. The van der Waals surface area contributed by atoms with E-state index in [1.165, 1.54) is 4.90 Å². The van der Waals surface area contributed by atoms with E-state index in [0.29, 0.717) is 19.3 Å². The molecular formula is C14H23NO4. The van der Waals surface area contributed by atoms with Gasteiger partial charge in [-0.3, -0.25) is 19.3 Å². The van der Waals surface area contributed by atoms with Crippen LogP contribution in [0.25, 0.3) is 0 Å². The van der Waals surface area contributed by atoms with Gasteiger partial charge in [0.15, 0.2) is 0 Å². The molecule has 0 bridgehead atoms. The molecule has 0 radical (unpaired) electrons. The average Bonchev–Trinajstić information content (AvgIpc) is 2.47. The van der Waals surface area contributed by atoms with Crippen LogP contribution in [0.5, 0.6) is 0 Å². The molecule has 0 aromatic carbocycles. The van der Waals surface area contributed by atoms with E-state index in [1.807, 2.05) is 6.92 Å². The summed E-state index contributed by atoms with van der Waals surface area (Å²) in [6.45, 7) is 7.09. The van der Waals surface area contributed by atoms with E-state index in [-0.39, 0.29) is 30.2 Å². The van der Waals surface area contributed by atoms with Crippen LogP contribution in [0.15, 0.2) is 0 Å². The molecule has 0 aromatic rings. The number of carbonyl (C=O) groups excluding carboxylic acids is 2. The van der Waals surface area contributed by atoms with Gasteiger partial charge in [-0.2, -0.15) is 0 Å². The Kier molecular flexibility index (Phi) is 4.71. The standard InChI is InChI=1S/C14H23NO4/c1-9(12(17)18)6-5-7-10(2)15-11(16)8-14(3,4)13(15)19/h9-10H,5-8H2,1-4H3,(H,17,18). The zero-order valence-corrected chi connectivity index (χ0v) is 12.1. The van der Waals surface area contributed by atoms with Crippen molar-refractivity contribution in [3.63, 3.8) is 0 Å². The second-order valence-corrected chi connectivity index (χ2v) is 6.15. The van der Waals surface area contributed by atoms with E-state index in [1.54, 1.807) is 20.8 Å². The highest BCUT2D eigenvalue weighted by Crippen LogP contribution is 2.33. The summed E-state index contributed by atoms with van der Waals surface area (Å²) < 4.78 is 0. The summed E-state index contributed by atoms with van der Waals surface area (Å²) in [5.41, 5.74) is -0.598. The Morgan fingerprint density at radius 1 is 1.32 bits per heavy atom. The Morgan fingerprint density at radius 3 is 2.32 bits per heavy atom. The molecule has 1 aliphatic rings. The van der Waals surface area contributed by atoms with E-state index < -0.39 is 11.4 Å². The largest absolute Gasteiger partial charge is 0.481 e. The van der Waals surface area contributed by atoms with Crippen LogP contribution in [0, 0.1) is 11.3 Å². The molecule has 108 valence electrons. The van der Waals surface area contributed by atoms with Crippen LogP contribution in [0.2, 0.25) is 0 Å². The molecule has 19 heavy (non-hydrogen) atoms. The van der Waals surface area contributed by atoms with Gasteiger partial charge >= 0.3 is 5.97 Å². The van der Waals surface area contributed by atoms with Gasteiger partial charge in [0.2, 0.25) is 11.8 Å². The number of hydrogen-bond acceptors (Lipinski definition) is 3. The van der Waals surface area contributed by atoms with E-state index in [4.69, 9.17) is 5.11 Å². The smallest absolute Gasteiger partial charge is 0.306 e. The summed E-state index contributed by atoms with van der Waals surface area (Å²) in [6, 6.07) is -0.150. The Labute approximate surface area is 114 Å². The molecule has 0 aliphatic carbocycles. The Hall–Kier alpha value is -1.39. The Balaban J connectivity index is 2.50. The summed E-state index contributed by atoms with van der Waals surface area (Å²) in [5, 5.41) is 8.79. The number of imide groups is 1. The molecule has 0 spiro atoms. The van der Waals surface area contributed by atoms with Gasteiger partial charge in [-0.25, -0.2) is 0 Å². The molecular weight excluding hydrogens is 246 g/mol. The maximum atomic E-state index is 12.1. The van der Waals surface area contributed by atoms with Gasteiger partial charge in [0, 0.05) is 12.5 Å². The maximum absolute atomic E-state index is 12.1. The van der Waals surface area contributed by atoms with Crippen molar-refractivity contribution in [2.45, 2.75) is 59.4 Å². The van der Waals surface area contributed by atoms with Gasteiger partial charge in [0.1, 0.15) is 0 Å². The van der Waals surface area contributed by atoms with Gasteiger partial charge in [-0.05, 0) is 19.8 Å². The van der Waals surface area contributed by atoms with Crippen LogP contribution in [0.4, 0.5) is 0 Å². The molecule has 1 heterocycles. The van der Waals surface area contributed by atoms with E-state index in [0.717, 1.165) is 0 Å². The molecule has 2 amide bonds. The number of likely N-dealkylation sites (tertiary alicyclic amines) is 1. The first-order valence-corrected chi connectivity index (χ1v) is 6.76. The third-order valence-electron chi connectivity index (χ3n) is 3.78. The molecule has 2 unspecified atom stereocenters. The number of nitrogens with zero attached hydrogens (tertiary/aromatic N) is 1. The number of aliphatic carboxylic acids is 1. The fourth-order valence-electron chi connectivity index (χ4n) is 2.40. The summed E-state index contributed by atoms with van der Waals surface area (Å²) >= 11 is 0. The number of hydrogen-bond donors (Lipinski definition) is 1. The molecule has 0 saturated carbocycles. The lowest BCUT2D eigenvalue weighted by atomic mass is 9.92. The van der Waals surface area contributed by atoms with Crippen LogP contribution < -0.4 is 0 Å². The van der Waals surface area contributed by atoms with Crippen LogP contribution in [0.1, 0.15) is 53.4 Å². The van der Waals surface area contributed by atoms with Gasteiger partial charge in [0.05, 0.1) is 11.3 Å². The highest BCUT2D eigenvalue weighted by molar-refractivity contribution is 6.05. The first-order chi connectivity index (χ1) is 8.66. The number of carbonyl (C=O) groups is 3.